The van der Waals surface area contributed by atoms with Crippen LogP contribution in [0, 0.1) is 5.92 Å². The summed E-state index contributed by atoms with van der Waals surface area (Å²) >= 11 is 0. The number of aliphatic carboxylic acids is 1. The van der Waals surface area contributed by atoms with Crippen molar-refractivity contribution in [1.29, 1.82) is 0 Å². The van der Waals surface area contributed by atoms with Crippen molar-refractivity contribution in [1.82, 2.24) is 9.62 Å². The largest absolute Gasteiger partial charge is 0.481 e. The number of carboxylic acid groups (broad SMARTS) is 1. The van der Waals surface area contributed by atoms with Gasteiger partial charge in [0, 0.05) is 26.1 Å². The highest BCUT2D eigenvalue weighted by Gasteiger charge is 2.44. The van der Waals surface area contributed by atoms with Gasteiger partial charge in [-0.05, 0) is 12.8 Å². The second-order valence-electron chi connectivity index (χ2n) is 4.96. The Labute approximate surface area is 112 Å². The molecule has 0 aromatic heterocycles. The average Bonchev–Trinajstić information content (AvgIpc) is 2.73. The minimum absolute atomic E-state index is 0.129. The molecule has 8 heteroatoms. The molecule has 1 amide bonds. The van der Waals surface area contributed by atoms with Crippen molar-refractivity contribution in [2.75, 3.05) is 19.6 Å². The molecule has 108 valence electrons. The molecule has 1 saturated carbocycles. The number of carboxylic acids is 1. The summed E-state index contributed by atoms with van der Waals surface area (Å²) in [6.07, 6.45) is 1.54. The van der Waals surface area contributed by atoms with E-state index < -0.39 is 27.2 Å². The maximum absolute atomic E-state index is 12.5. The Bertz CT molecular complexity index is 475. The fourth-order valence-corrected chi connectivity index (χ4v) is 4.96. The van der Waals surface area contributed by atoms with Crippen molar-refractivity contribution in [3.05, 3.63) is 0 Å². The van der Waals surface area contributed by atoms with Gasteiger partial charge in [-0.3, -0.25) is 9.59 Å². The maximum Gasteiger partial charge on any atom is 0.307 e. The van der Waals surface area contributed by atoms with Crippen LogP contribution in [0.5, 0.6) is 0 Å². The fraction of sp³-hybridized carbons (Fsp3) is 0.818. The van der Waals surface area contributed by atoms with Gasteiger partial charge in [0.2, 0.25) is 15.9 Å². The SMILES string of the molecule is O=C1CCN(S(=O)(=O)C2CCCC2C(=O)O)CCN1. The zero-order chi connectivity index (χ0) is 14.0. The topological polar surface area (TPSA) is 104 Å². The maximum atomic E-state index is 12.5. The lowest BCUT2D eigenvalue weighted by atomic mass is 10.1. The Morgan fingerprint density at radius 3 is 2.74 bits per heavy atom. The Balaban J connectivity index is 2.17. The standard InChI is InChI=1S/C11H18N2O5S/c14-10-4-6-13(7-5-12-10)19(17,18)9-3-1-2-8(9)11(15)16/h8-9H,1-7H2,(H,12,14)(H,15,16). The fourth-order valence-electron chi connectivity index (χ4n) is 2.76. The number of hydrogen-bond donors (Lipinski definition) is 2. The van der Waals surface area contributed by atoms with Crippen LogP contribution >= 0.6 is 0 Å². The second kappa shape index (κ2) is 5.46. The van der Waals surface area contributed by atoms with E-state index >= 15 is 0 Å². The number of nitrogens with zero attached hydrogens (tertiary/aromatic N) is 1. The monoisotopic (exact) mass is 290 g/mol. The highest BCUT2D eigenvalue weighted by atomic mass is 32.2. The minimum Gasteiger partial charge on any atom is -0.481 e. The first-order valence-electron chi connectivity index (χ1n) is 6.41. The van der Waals surface area contributed by atoms with Crippen LogP contribution < -0.4 is 5.32 Å². The molecular formula is C11H18N2O5S. The van der Waals surface area contributed by atoms with E-state index in [4.69, 9.17) is 5.11 Å². The Morgan fingerprint density at radius 2 is 2.05 bits per heavy atom. The lowest BCUT2D eigenvalue weighted by molar-refractivity contribution is -0.141. The third-order valence-electron chi connectivity index (χ3n) is 3.78. The van der Waals surface area contributed by atoms with Crippen LogP contribution in [-0.4, -0.2) is 54.6 Å². The molecule has 0 radical (unpaired) electrons. The van der Waals surface area contributed by atoms with Crippen LogP contribution in [0.2, 0.25) is 0 Å². The van der Waals surface area contributed by atoms with Gasteiger partial charge in [0.1, 0.15) is 0 Å². The Morgan fingerprint density at radius 1 is 1.32 bits per heavy atom. The van der Waals surface area contributed by atoms with Gasteiger partial charge in [-0.25, -0.2) is 8.42 Å². The number of sulfonamides is 1. The molecule has 7 nitrogen and oxygen atoms in total. The molecular weight excluding hydrogens is 272 g/mol. The molecule has 2 fully saturated rings. The van der Waals surface area contributed by atoms with Crippen molar-refractivity contribution in [3.8, 4) is 0 Å². The van der Waals surface area contributed by atoms with Crippen LogP contribution in [0.15, 0.2) is 0 Å². The molecule has 2 rings (SSSR count). The molecule has 2 N–H and O–H groups in total. The first-order chi connectivity index (χ1) is 8.93. The van der Waals surface area contributed by atoms with Crippen molar-refractivity contribution in [2.24, 2.45) is 5.92 Å². The summed E-state index contributed by atoms with van der Waals surface area (Å²) in [5.74, 6) is -2.04. The summed E-state index contributed by atoms with van der Waals surface area (Å²) in [4.78, 5) is 22.3. The summed E-state index contributed by atoms with van der Waals surface area (Å²) in [6, 6.07) is 0. The normalized spacial score (nSPS) is 29.8. The van der Waals surface area contributed by atoms with E-state index in [-0.39, 0.29) is 32.0 Å². The molecule has 0 bridgehead atoms. The van der Waals surface area contributed by atoms with Crippen LogP contribution in [0.3, 0.4) is 0 Å². The van der Waals surface area contributed by atoms with Crippen molar-refractivity contribution >= 4 is 21.9 Å². The van der Waals surface area contributed by atoms with Gasteiger partial charge in [-0.15, -0.1) is 0 Å². The van der Waals surface area contributed by atoms with Gasteiger partial charge < -0.3 is 10.4 Å². The number of carbonyl (C=O) groups is 2. The molecule has 1 aliphatic heterocycles. The third kappa shape index (κ3) is 2.89. The van der Waals surface area contributed by atoms with Crippen molar-refractivity contribution in [3.63, 3.8) is 0 Å². The van der Waals surface area contributed by atoms with E-state index in [0.29, 0.717) is 19.3 Å². The molecule has 1 aliphatic carbocycles. The van der Waals surface area contributed by atoms with Crippen LogP contribution in [0.4, 0.5) is 0 Å². The predicted octanol–water partition coefficient (Wildman–Crippen LogP) is -0.609. The molecule has 2 aliphatic rings. The van der Waals surface area contributed by atoms with Crippen LogP contribution in [-0.2, 0) is 19.6 Å². The zero-order valence-electron chi connectivity index (χ0n) is 10.5. The predicted molar refractivity (Wildman–Crippen MR) is 66.9 cm³/mol. The molecule has 0 aromatic carbocycles. The number of amides is 1. The van der Waals surface area contributed by atoms with E-state index in [1.807, 2.05) is 0 Å². The van der Waals surface area contributed by atoms with Gasteiger partial charge in [0.15, 0.2) is 0 Å². The smallest absolute Gasteiger partial charge is 0.307 e. The zero-order valence-corrected chi connectivity index (χ0v) is 11.4. The van der Waals surface area contributed by atoms with Crippen molar-refractivity contribution < 1.29 is 23.1 Å². The summed E-state index contributed by atoms with van der Waals surface area (Å²) in [6.45, 7) is 0.635. The molecule has 1 saturated heterocycles. The van der Waals surface area contributed by atoms with Gasteiger partial charge in [0.25, 0.3) is 0 Å². The Kier molecular flexibility index (Phi) is 4.10. The van der Waals surface area contributed by atoms with E-state index in [9.17, 15) is 18.0 Å². The van der Waals surface area contributed by atoms with Crippen molar-refractivity contribution in [2.45, 2.75) is 30.9 Å². The number of nitrogens with one attached hydrogen (secondary N) is 1. The molecule has 1 heterocycles. The van der Waals surface area contributed by atoms with E-state index in [2.05, 4.69) is 5.32 Å². The Hall–Kier alpha value is -1.15. The first kappa shape index (κ1) is 14.3. The van der Waals surface area contributed by atoms with Gasteiger partial charge >= 0.3 is 5.97 Å². The molecule has 2 unspecified atom stereocenters. The average molecular weight is 290 g/mol. The first-order valence-corrected chi connectivity index (χ1v) is 7.91. The van der Waals surface area contributed by atoms with E-state index in [1.165, 1.54) is 4.31 Å². The summed E-state index contributed by atoms with van der Waals surface area (Å²) < 4.78 is 26.2. The third-order valence-corrected chi connectivity index (χ3v) is 6.20. The number of carbonyl (C=O) groups excluding carboxylic acids is 1. The van der Waals surface area contributed by atoms with E-state index in [1.54, 1.807) is 0 Å². The minimum atomic E-state index is -3.64. The van der Waals surface area contributed by atoms with Gasteiger partial charge in [0.05, 0.1) is 11.2 Å². The number of hydrogen-bond acceptors (Lipinski definition) is 4. The molecule has 2 atom stereocenters. The number of rotatable bonds is 3. The highest BCUT2D eigenvalue weighted by Crippen LogP contribution is 2.33. The molecule has 19 heavy (non-hydrogen) atoms. The lowest BCUT2D eigenvalue weighted by Gasteiger charge is -2.25. The van der Waals surface area contributed by atoms with E-state index in [0.717, 1.165) is 0 Å². The molecule has 0 spiro atoms. The molecule has 0 aromatic rings. The quantitative estimate of drug-likeness (QED) is 0.721. The van der Waals surface area contributed by atoms with Crippen LogP contribution in [0.1, 0.15) is 25.7 Å². The summed E-state index contributed by atoms with van der Waals surface area (Å²) in [5.41, 5.74) is 0. The lowest BCUT2D eigenvalue weighted by Crippen LogP contribution is -2.43. The van der Waals surface area contributed by atoms with Gasteiger partial charge in [-0.2, -0.15) is 4.31 Å². The second-order valence-corrected chi connectivity index (χ2v) is 7.11. The summed E-state index contributed by atoms with van der Waals surface area (Å²) in [7, 11) is -3.64. The summed E-state index contributed by atoms with van der Waals surface area (Å²) in [5, 5.41) is 10.9. The highest BCUT2D eigenvalue weighted by molar-refractivity contribution is 7.89. The van der Waals surface area contributed by atoms with Crippen LogP contribution in [0.25, 0.3) is 0 Å². The van der Waals surface area contributed by atoms with Gasteiger partial charge in [-0.1, -0.05) is 6.42 Å².